The number of hydrogen-bond donors (Lipinski definition) is 0. The van der Waals surface area contributed by atoms with Gasteiger partial charge in [0.2, 0.25) is 0 Å². The van der Waals surface area contributed by atoms with Gasteiger partial charge >= 0.3 is 0 Å². The van der Waals surface area contributed by atoms with Gasteiger partial charge in [-0.15, -0.1) is 0 Å². The van der Waals surface area contributed by atoms with E-state index in [1.54, 1.807) is 0 Å². The second-order valence-corrected chi connectivity index (χ2v) is 13.0. The van der Waals surface area contributed by atoms with Crippen molar-refractivity contribution in [2.24, 2.45) is 5.92 Å². The molecule has 45 heavy (non-hydrogen) atoms. The fourth-order valence-corrected chi connectivity index (χ4v) is 6.63. The topological polar surface area (TPSA) is 35.0 Å². The maximum atomic E-state index is 6.61. The van der Waals surface area contributed by atoms with Gasteiger partial charge in [-0.2, -0.15) is 0 Å². The van der Waals surface area contributed by atoms with E-state index in [0.29, 0.717) is 5.92 Å². The molecule has 0 amide bonds. The summed E-state index contributed by atoms with van der Waals surface area (Å²) in [6, 6.07) is 47.0. The van der Waals surface area contributed by atoms with Gasteiger partial charge in [0.1, 0.15) is 11.5 Å². The highest BCUT2D eigenvalue weighted by Crippen LogP contribution is 2.57. The van der Waals surface area contributed by atoms with Gasteiger partial charge in [-0.3, -0.25) is 9.97 Å². The van der Waals surface area contributed by atoms with Crippen molar-refractivity contribution in [3.05, 3.63) is 168 Å². The predicted molar refractivity (Wildman–Crippen MR) is 184 cm³/mol. The first-order chi connectivity index (χ1) is 21.9. The lowest BCUT2D eigenvalue weighted by Crippen LogP contribution is -2.33. The smallest absolute Gasteiger partial charge is 0.128 e. The van der Waals surface area contributed by atoms with Crippen LogP contribution in [-0.4, -0.2) is 9.97 Å². The number of nitrogens with zero attached hydrogens (tertiary/aromatic N) is 2. The van der Waals surface area contributed by atoms with Crippen molar-refractivity contribution in [2.75, 3.05) is 0 Å². The molecule has 1 atom stereocenters. The molecule has 222 valence electrons. The second kappa shape index (κ2) is 11.8. The lowest BCUT2D eigenvalue weighted by molar-refractivity contribution is 0.475. The summed E-state index contributed by atoms with van der Waals surface area (Å²) in [5, 5.41) is 0. The molecule has 0 radical (unpaired) electrons. The number of hydrogen-bond acceptors (Lipinski definition) is 3. The minimum Gasteiger partial charge on any atom is -0.457 e. The van der Waals surface area contributed by atoms with Crippen LogP contribution in [0.25, 0.3) is 22.4 Å². The third-order valence-electron chi connectivity index (χ3n) is 8.98. The maximum absolute atomic E-state index is 6.61. The molecule has 0 saturated heterocycles. The molecule has 2 heterocycles. The van der Waals surface area contributed by atoms with E-state index < -0.39 is 5.41 Å². The van der Waals surface area contributed by atoms with Crippen LogP contribution in [0, 0.1) is 5.92 Å². The van der Waals surface area contributed by atoms with E-state index in [2.05, 4.69) is 135 Å². The first kappa shape index (κ1) is 28.7. The Morgan fingerprint density at radius 2 is 1.29 bits per heavy atom. The fraction of sp³-hybridized carbons (Fsp3) is 0.190. The van der Waals surface area contributed by atoms with E-state index in [0.717, 1.165) is 41.3 Å². The average Bonchev–Trinajstić information content (AvgIpc) is 3.92. The fourth-order valence-electron chi connectivity index (χ4n) is 6.63. The monoisotopic (exact) mass is 586 g/mol. The van der Waals surface area contributed by atoms with Crippen molar-refractivity contribution in [1.82, 2.24) is 9.97 Å². The van der Waals surface area contributed by atoms with Crippen molar-refractivity contribution in [1.29, 1.82) is 0 Å². The minimum atomic E-state index is -0.424. The van der Waals surface area contributed by atoms with Crippen molar-refractivity contribution < 1.29 is 4.74 Å². The van der Waals surface area contributed by atoms with Gasteiger partial charge in [-0.1, -0.05) is 106 Å². The Kier molecular flexibility index (Phi) is 7.55. The first-order valence-electron chi connectivity index (χ1n) is 15.8. The van der Waals surface area contributed by atoms with Crippen molar-refractivity contribution in [2.45, 2.75) is 44.4 Å². The molecule has 1 aliphatic carbocycles. The molecule has 6 aromatic rings. The Labute approximate surface area is 266 Å². The molecule has 1 unspecified atom stereocenters. The molecular weight excluding hydrogens is 548 g/mol. The van der Waals surface area contributed by atoms with Crippen LogP contribution in [0.1, 0.15) is 56.0 Å². The van der Waals surface area contributed by atoms with E-state index in [4.69, 9.17) is 9.72 Å². The van der Waals surface area contributed by atoms with Gasteiger partial charge in [0.05, 0.1) is 16.8 Å². The lowest BCUT2D eigenvalue weighted by atomic mass is 9.66. The average molecular weight is 587 g/mol. The van der Waals surface area contributed by atoms with E-state index in [9.17, 15) is 0 Å². The number of ether oxygens (including phenoxy) is 1. The molecule has 1 saturated carbocycles. The predicted octanol–water partition coefficient (Wildman–Crippen LogP) is 10.6. The Bertz CT molecular complexity index is 1920. The molecule has 0 bridgehead atoms. The maximum Gasteiger partial charge on any atom is 0.128 e. The van der Waals surface area contributed by atoms with Crippen molar-refractivity contribution >= 4 is 0 Å². The van der Waals surface area contributed by atoms with E-state index in [1.807, 2.05) is 36.7 Å². The van der Waals surface area contributed by atoms with Gasteiger partial charge in [-0.25, -0.2) is 0 Å². The van der Waals surface area contributed by atoms with Crippen LogP contribution in [0.15, 0.2) is 146 Å². The van der Waals surface area contributed by atoms with Gasteiger partial charge < -0.3 is 4.74 Å². The first-order valence-corrected chi connectivity index (χ1v) is 15.8. The molecule has 3 nitrogen and oxygen atoms in total. The number of benzene rings is 4. The van der Waals surface area contributed by atoms with Gasteiger partial charge in [0.25, 0.3) is 0 Å². The van der Waals surface area contributed by atoms with Crippen molar-refractivity contribution in [3.8, 4) is 33.9 Å². The third-order valence-corrected chi connectivity index (χ3v) is 8.98. The van der Waals surface area contributed by atoms with E-state index >= 15 is 0 Å². The lowest BCUT2D eigenvalue weighted by Gasteiger charge is -2.37. The molecule has 0 spiro atoms. The number of rotatable bonds is 8. The highest BCUT2D eigenvalue weighted by atomic mass is 16.5. The zero-order valence-corrected chi connectivity index (χ0v) is 26.2. The van der Waals surface area contributed by atoms with Gasteiger partial charge in [0.15, 0.2) is 0 Å². The van der Waals surface area contributed by atoms with Crippen LogP contribution in [0.5, 0.6) is 11.5 Å². The second-order valence-electron chi connectivity index (χ2n) is 13.0. The SMILES string of the molecule is CC(C)(C)c1ccnc(-c2cccc(Oc3cccc(C(c4ccccn4)(c4ccccc4-c4ccccc4)C4CC4)c3)c2)c1. The summed E-state index contributed by atoms with van der Waals surface area (Å²) in [7, 11) is 0. The standard InChI is InChI=1S/C42H38N2O/c1-41(2,3)33-24-26-43-39(29-33)31-15-11-17-35(27-31)45-36-18-12-16-34(28-36)42(32-22-23-32,40-21-9-10-25-44-40)38-20-8-7-19-37(38)30-13-5-4-6-14-30/h4-21,24-29,32H,22-23H2,1-3H3. The van der Waals surface area contributed by atoms with Crippen LogP contribution >= 0.6 is 0 Å². The molecule has 4 aromatic carbocycles. The Morgan fingerprint density at radius 1 is 0.578 bits per heavy atom. The van der Waals surface area contributed by atoms with Gasteiger partial charge in [0, 0.05) is 18.0 Å². The summed E-state index contributed by atoms with van der Waals surface area (Å²) >= 11 is 0. The van der Waals surface area contributed by atoms with Gasteiger partial charge in [-0.05, 0) is 101 Å². The quantitative estimate of drug-likeness (QED) is 0.178. The highest BCUT2D eigenvalue weighted by Gasteiger charge is 2.51. The third kappa shape index (κ3) is 5.67. The van der Waals surface area contributed by atoms with Crippen LogP contribution in [-0.2, 0) is 10.8 Å². The summed E-state index contributed by atoms with van der Waals surface area (Å²) in [4.78, 5) is 9.72. The molecule has 1 fully saturated rings. The summed E-state index contributed by atoms with van der Waals surface area (Å²) < 4.78 is 6.61. The zero-order valence-electron chi connectivity index (χ0n) is 26.2. The van der Waals surface area contributed by atoms with E-state index in [1.165, 1.54) is 27.8 Å². The van der Waals surface area contributed by atoms with Crippen LogP contribution in [0.3, 0.4) is 0 Å². The Balaban J connectivity index is 1.32. The molecular formula is C42H38N2O. The zero-order chi connectivity index (χ0) is 30.9. The molecule has 0 N–H and O–H groups in total. The summed E-state index contributed by atoms with van der Waals surface area (Å²) in [6.07, 6.45) is 6.11. The normalized spacial score (nSPS) is 14.5. The molecule has 2 aromatic heterocycles. The van der Waals surface area contributed by atoms with Crippen LogP contribution in [0.4, 0.5) is 0 Å². The molecule has 0 aliphatic heterocycles. The van der Waals surface area contributed by atoms with Crippen LogP contribution in [0.2, 0.25) is 0 Å². The van der Waals surface area contributed by atoms with Crippen LogP contribution < -0.4 is 4.74 Å². The Morgan fingerprint density at radius 3 is 2.04 bits per heavy atom. The van der Waals surface area contributed by atoms with E-state index in [-0.39, 0.29) is 5.41 Å². The largest absolute Gasteiger partial charge is 0.457 e. The Hall–Kier alpha value is -5.02. The number of pyridine rings is 2. The van der Waals surface area contributed by atoms with Crippen molar-refractivity contribution in [3.63, 3.8) is 0 Å². The molecule has 7 rings (SSSR count). The minimum absolute atomic E-state index is 0.0486. The highest BCUT2D eigenvalue weighted by molar-refractivity contribution is 5.72. The summed E-state index contributed by atoms with van der Waals surface area (Å²) in [6.45, 7) is 6.68. The summed E-state index contributed by atoms with van der Waals surface area (Å²) in [5.74, 6) is 2.02. The molecule has 3 heteroatoms. The molecule has 1 aliphatic rings. The summed E-state index contributed by atoms with van der Waals surface area (Å²) in [5.41, 5.74) is 8.85. The number of aromatic nitrogens is 2.